The van der Waals surface area contributed by atoms with Crippen LogP contribution in [0.2, 0.25) is 0 Å². The third-order valence-corrected chi connectivity index (χ3v) is 8.71. The molecule has 3 rings (SSSR count). The highest BCUT2D eigenvalue weighted by Gasteiger charge is 2.44. The molecule has 0 aromatic carbocycles. The van der Waals surface area contributed by atoms with Crippen LogP contribution in [0.15, 0.2) is 0 Å². The van der Waals surface area contributed by atoms with E-state index < -0.39 is 0 Å². The number of nitriles is 1. The van der Waals surface area contributed by atoms with Crippen molar-refractivity contribution in [3.05, 3.63) is 0 Å². The van der Waals surface area contributed by atoms with Crippen LogP contribution in [0.3, 0.4) is 0 Å². The second kappa shape index (κ2) is 11.0. The quantitative estimate of drug-likeness (QED) is 0.400. The molecule has 160 valence electrons. The van der Waals surface area contributed by atoms with Crippen LogP contribution in [0.25, 0.3) is 0 Å². The molecule has 0 saturated heterocycles. The van der Waals surface area contributed by atoms with Crippen molar-refractivity contribution >= 4 is 0 Å². The zero-order chi connectivity index (χ0) is 19.8. The Morgan fingerprint density at radius 2 is 1.46 bits per heavy atom. The van der Waals surface area contributed by atoms with E-state index in [1.807, 2.05) is 0 Å². The van der Waals surface area contributed by atoms with Crippen LogP contribution in [0.4, 0.5) is 0 Å². The first-order chi connectivity index (χ1) is 13.7. The van der Waals surface area contributed by atoms with Gasteiger partial charge >= 0.3 is 0 Å². The van der Waals surface area contributed by atoms with Gasteiger partial charge in [-0.05, 0) is 94.3 Å². The molecule has 0 bridgehead atoms. The summed E-state index contributed by atoms with van der Waals surface area (Å²) in [6.07, 6.45) is 21.4. The highest BCUT2D eigenvalue weighted by Crippen LogP contribution is 2.52. The molecule has 0 aliphatic heterocycles. The zero-order valence-corrected chi connectivity index (χ0v) is 18.8. The zero-order valence-electron chi connectivity index (χ0n) is 18.8. The maximum Gasteiger partial charge on any atom is 0.0692 e. The van der Waals surface area contributed by atoms with Gasteiger partial charge in [-0.1, -0.05) is 46.0 Å². The van der Waals surface area contributed by atoms with E-state index in [-0.39, 0.29) is 5.41 Å². The molecule has 0 radical (unpaired) electrons. The lowest BCUT2D eigenvalue weighted by molar-refractivity contribution is -0.00807. The van der Waals surface area contributed by atoms with Gasteiger partial charge in [0.05, 0.1) is 17.6 Å². The summed E-state index contributed by atoms with van der Waals surface area (Å²) < 4.78 is 6.07. The van der Waals surface area contributed by atoms with E-state index in [0.717, 1.165) is 24.4 Å². The van der Waals surface area contributed by atoms with Gasteiger partial charge in [-0.25, -0.2) is 0 Å². The van der Waals surface area contributed by atoms with Gasteiger partial charge in [0.25, 0.3) is 0 Å². The molecule has 3 saturated carbocycles. The molecule has 0 atom stereocenters. The van der Waals surface area contributed by atoms with Crippen molar-refractivity contribution in [2.24, 2.45) is 29.1 Å². The van der Waals surface area contributed by atoms with E-state index in [1.54, 1.807) is 0 Å². The number of hydrogen-bond acceptors (Lipinski definition) is 2. The smallest absolute Gasteiger partial charge is 0.0692 e. The van der Waals surface area contributed by atoms with E-state index in [2.05, 4.69) is 19.9 Å². The van der Waals surface area contributed by atoms with E-state index in [0.29, 0.717) is 12.0 Å². The Balaban J connectivity index is 1.44. The molecule has 0 aromatic rings. The van der Waals surface area contributed by atoms with E-state index >= 15 is 0 Å². The summed E-state index contributed by atoms with van der Waals surface area (Å²) in [5.74, 6) is 3.52. The Morgan fingerprint density at radius 1 is 0.821 bits per heavy atom. The van der Waals surface area contributed by atoms with E-state index in [9.17, 15) is 5.26 Å². The first kappa shape index (κ1) is 22.1. The minimum atomic E-state index is -0.00962. The van der Waals surface area contributed by atoms with Crippen LogP contribution in [-0.2, 0) is 4.74 Å². The predicted octanol–water partition coefficient (Wildman–Crippen LogP) is 7.67. The molecule has 0 spiro atoms. The summed E-state index contributed by atoms with van der Waals surface area (Å²) in [6.45, 7) is 5.49. The summed E-state index contributed by atoms with van der Waals surface area (Å²) in [7, 11) is 0. The van der Waals surface area contributed by atoms with Crippen molar-refractivity contribution in [1.29, 1.82) is 5.26 Å². The van der Waals surface area contributed by atoms with Crippen LogP contribution in [0.1, 0.15) is 117 Å². The summed E-state index contributed by atoms with van der Waals surface area (Å²) in [4.78, 5) is 0. The molecule has 0 aromatic heterocycles. The van der Waals surface area contributed by atoms with Gasteiger partial charge in [-0.15, -0.1) is 0 Å². The van der Waals surface area contributed by atoms with Crippen LogP contribution < -0.4 is 0 Å². The van der Waals surface area contributed by atoms with Gasteiger partial charge in [-0.3, -0.25) is 0 Å². The first-order valence-electron chi connectivity index (χ1n) is 12.7. The Morgan fingerprint density at radius 3 is 2.04 bits per heavy atom. The molecular weight excluding hydrogens is 342 g/mol. The third-order valence-electron chi connectivity index (χ3n) is 8.71. The first-order valence-corrected chi connectivity index (χ1v) is 12.7. The van der Waals surface area contributed by atoms with Gasteiger partial charge in [-0.2, -0.15) is 5.26 Å². The van der Waals surface area contributed by atoms with Crippen molar-refractivity contribution < 1.29 is 4.74 Å². The van der Waals surface area contributed by atoms with Crippen LogP contribution in [0, 0.1) is 40.4 Å². The second-order valence-corrected chi connectivity index (χ2v) is 10.4. The molecule has 0 heterocycles. The van der Waals surface area contributed by atoms with Crippen LogP contribution >= 0.6 is 0 Å². The van der Waals surface area contributed by atoms with E-state index in [4.69, 9.17) is 4.74 Å². The Bertz CT molecular complexity index is 471. The molecular formula is C26H45NO. The average molecular weight is 388 g/mol. The molecule has 2 nitrogen and oxygen atoms in total. The third kappa shape index (κ3) is 5.53. The van der Waals surface area contributed by atoms with Crippen LogP contribution in [-0.4, -0.2) is 12.7 Å². The fraction of sp³-hybridized carbons (Fsp3) is 0.962. The molecule has 3 fully saturated rings. The van der Waals surface area contributed by atoms with Crippen molar-refractivity contribution in [2.45, 2.75) is 123 Å². The Hall–Kier alpha value is -0.550. The van der Waals surface area contributed by atoms with Gasteiger partial charge < -0.3 is 4.74 Å². The second-order valence-electron chi connectivity index (χ2n) is 10.4. The standard InChI is InChI=1S/C26H45NO/c1-3-5-19-28-25-13-11-24(12-14-25)26(20-27)17-15-23(16-18-26)22-9-7-21(6-4-2)8-10-22/h21-25H,3-19H2,1-2H3. The largest absolute Gasteiger partial charge is 0.378 e. The van der Waals surface area contributed by atoms with E-state index in [1.165, 1.54) is 103 Å². The molecule has 3 aliphatic carbocycles. The Kier molecular flexibility index (Phi) is 8.71. The Labute approximate surface area is 174 Å². The fourth-order valence-electron chi connectivity index (χ4n) is 6.77. The number of hydrogen-bond donors (Lipinski definition) is 0. The summed E-state index contributed by atoms with van der Waals surface area (Å²) in [6, 6.07) is 2.86. The number of ether oxygens (including phenoxy) is 1. The average Bonchev–Trinajstić information content (AvgIpc) is 2.75. The molecule has 28 heavy (non-hydrogen) atoms. The maximum absolute atomic E-state index is 10.1. The van der Waals surface area contributed by atoms with Gasteiger partial charge in [0, 0.05) is 6.61 Å². The summed E-state index contributed by atoms with van der Waals surface area (Å²) in [5, 5.41) is 10.1. The number of nitrogens with zero attached hydrogens (tertiary/aromatic N) is 1. The molecule has 3 aliphatic rings. The van der Waals surface area contributed by atoms with Crippen molar-refractivity contribution in [3.8, 4) is 6.07 Å². The van der Waals surface area contributed by atoms with Crippen molar-refractivity contribution in [1.82, 2.24) is 0 Å². The van der Waals surface area contributed by atoms with Gasteiger partial charge in [0.2, 0.25) is 0 Å². The number of unbranched alkanes of at least 4 members (excludes halogenated alkanes) is 1. The molecule has 0 N–H and O–H groups in total. The predicted molar refractivity (Wildman–Crippen MR) is 117 cm³/mol. The monoisotopic (exact) mass is 387 g/mol. The fourth-order valence-corrected chi connectivity index (χ4v) is 6.77. The SMILES string of the molecule is CCCCOC1CCC(C2(C#N)CCC(C3CCC(CCC)CC3)CC2)CC1. The topological polar surface area (TPSA) is 33.0 Å². The number of rotatable bonds is 8. The van der Waals surface area contributed by atoms with Crippen molar-refractivity contribution in [2.75, 3.05) is 6.61 Å². The summed E-state index contributed by atoms with van der Waals surface area (Å²) >= 11 is 0. The minimum absolute atomic E-state index is 0.00962. The summed E-state index contributed by atoms with van der Waals surface area (Å²) in [5.41, 5.74) is -0.00962. The van der Waals surface area contributed by atoms with Crippen molar-refractivity contribution in [3.63, 3.8) is 0 Å². The minimum Gasteiger partial charge on any atom is -0.378 e. The molecule has 0 unspecified atom stereocenters. The lowest BCUT2D eigenvalue weighted by atomic mass is 9.58. The lowest BCUT2D eigenvalue weighted by Crippen LogP contribution is -2.38. The maximum atomic E-state index is 10.1. The highest BCUT2D eigenvalue weighted by atomic mass is 16.5. The lowest BCUT2D eigenvalue weighted by Gasteiger charge is -2.45. The molecule has 0 amide bonds. The van der Waals surface area contributed by atoms with Gasteiger partial charge in [0.15, 0.2) is 0 Å². The highest BCUT2D eigenvalue weighted by molar-refractivity contribution is 5.06. The van der Waals surface area contributed by atoms with Crippen LogP contribution in [0.5, 0.6) is 0 Å². The van der Waals surface area contributed by atoms with Gasteiger partial charge in [0.1, 0.15) is 0 Å². The normalized spacial score (nSPS) is 39.4. The molecule has 2 heteroatoms.